The highest BCUT2D eigenvalue weighted by atomic mass is 16.5. The number of hydrogen-bond acceptors (Lipinski definition) is 6. The summed E-state index contributed by atoms with van der Waals surface area (Å²) < 4.78 is 7.44. The molecule has 0 radical (unpaired) electrons. The second-order valence-corrected chi connectivity index (χ2v) is 6.04. The number of nitrogens with one attached hydrogen (secondary N) is 1. The summed E-state index contributed by atoms with van der Waals surface area (Å²) >= 11 is 0. The fourth-order valence-corrected chi connectivity index (χ4v) is 2.92. The summed E-state index contributed by atoms with van der Waals surface area (Å²) in [7, 11) is 0. The predicted octanol–water partition coefficient (Wildman–Crippen LogP) is 1.14. The molecule has 0 bridgehead atoms. The van der Waals surface area contributed by atoms with E-state index in [2.05, 4.69) is 29.8 Å². The molecule has 0 spiro atoms. The third kappa shape index (κ3) is 2.91. The molecule has 1 N–H and O–H groups in total. The molecule has 2 aromatic heterocycles. The molecule has 0 atom stereocenters. The summed E-state index contributed by atoms with van der Waals surface area (Å²) in [4.78, 5) is 6.86. The molecule has 0 aromatic carbocycles. The minimum Gasteiger partial charge on any atom is -0.379 e. The van der Waals surface area contributed by atoms with Crippen molar-refractivity contribution in [3.8, 4) is 0 Å². The van der Waals surface area contributed by atoms with E-state index in [1.807, 2.05) is 12.4 Å². The van der Waals surface area contributed by atoms with Gasteiger partial charge in [0.15, 0.2) is 5.82 Å². The van der Waals surface area contributed by atoms with E-state index in [9.17, 15) is 0 Å². The molecule has 2 aliphatic rings. The van der Waals surface area contributed by atoms with E-state index in [-0.39, 0.29) is 0 Å². The lowest BCUT2D eigenvalue weighted by Gasteiger charge is -2.26. The molecular formula is C15H22N6O. The van der Waals surface area contributed by atoms with Gasteiger partial charge in [0.2, 0.25) is 5.65 Å². The maximum atomic E-state index is 5.36. The highest BCUT2D eigenvalue weighted by Gasteiger charge is 2.29. The van der Waals surface area contributed by atoms with Crippen LogP contribution in [0.4, 0.5) is 5.82 Å². The summed E-state index contributed by atoms with van der Waals surface area (Å²) in [5, 5.41) is 12.0. The zero-order valence-corrected chi connectivity index (χ0v) is 12.7. The van der Waals surface area contributed by atoms with Crippen LogP contribution in [0.15, 0.2) is 12.4 Å². The Labute approximate surface area is 129 Å². The highest BCUT2D eigenvalue weighted by Crippen LogP contribution is 2.39. The second kappa shape index (κ2) is 6.18. The normalized spacial score (nSPS) is 19.6. The van der Waals surface area contributed by atoms with E-state index < -0.39 is 0 Å². The SMILES string of the molecule is c1cn2c(C3CC3)nnc2c(NCCCN2CCOCC2)n1. The molecule has 3 heterocycles. The Kier molecular flexibility index (Phi) is 3.90. The number of hydrogen-bond donors (Lipinski definition) is 1. The molecule has 2 aromatic rings. The molecule has 1 aliphatic carbocycles. The second-order valence-electron chi connectivity index (χ2n) is 6.04. The van der Waals surface area contributed by atoms with Crippen LogP contribution in [-0.2, 0) is 4.74 Å². The Bertz CT molecular complexity index is 632. The Morgan fingerprint density at radius 3 is 2.91 bits per heavy atom. The van der Waals surface area contributed by atoms with Crippen LogP contribution in [0.3, 0.4) is 0 Å². The lowest BCUT2D eigenvalue weighted by molar-refractivity contribution is 0.0378. The van der Waals surface area contributed by atoms with Crippen molar-refractivity contribution in [3.63, 3.8) is 0 Å². The van der Waals surface area contributed by atoms with Crippen LogP contribution in [0.5, 0.6) is 0 Å². The van der Waals surface area contributed by atoms with Crippen LogP contribution in [-0.4, -0.2) is 63.9 Å². The van der Waals surface area contributed by atoms with Gasteiger partial charge in [-0.2, -0.15) is 0 Å². The molecule has 1 aliphatic heterocycles. The lowest BCUT2D eigenvalue weighted by atomic mass is 10.3. The van der Waals surface area contributed by atoms with E-state index in [1.54, 1.807) is 0 Å². The smallest absolute Gasteiger partial charge is 0.203 e. The van der Waals surface area contributed by atoms with Crippen LogP contribution in [0, 0.1) is 0 Å². The van der Waals surface area contributed by atoms with E-state index in [4.69, 9.17) is 4.74 Å². The van der Waals surface area contributed by atoms with Gasteiger partial charge in [-0.25, -0.2) is 4.98 Å². The van der Waals surface area contributed by atoms with Gasteiger partial charge < -0.3 is 10.1 Å². The van der Waals surface area contributed by atoms with Crippen molar-refractivity contribution >= 4 is 11.5 Å². The molecule has 118 valence electrons. The molecule has 7 heteroatoms. The molecule has 4 rings (SSSR count). The number of morpholine rings is 1. The lowest BCUT2D eigenvalue weighted by Crippen LogP contribution is -2.37. The monoisotopic (exact) mass is 302 g/mol. The Balaban J connectivity index is 1.35. The van der Waals surface area contributed by atoms with Gasteiger partial charge >= 0.3 is 0 Å². The number of fused-ring (bicyclic) bond motifs is 1. The quantitative estimate of drug-likeness (QED) is 0.807. The average Bonchev–Trinajstić information content (AvgIpc) is 3.32. The molecule has 7 nitrogen and oxygen atoms in total. The molecule has 2 fully saturated rings. The van der Waals surface area contributed by atoms with Crippen molar-refractivity contribution in [2.24, 2.45) is 0 Å². The van der Waals surface area contributed by atoms with E-state index in [0.29, 0.717) is 5.92 Å². The van der Waals surface area contributed by atoms with Crippen LogP contribution >= 0.6 is 0 Å². The number of anilines is 1. The fraction of sp³-hybridized carbons (Fsp3) is 0.667. The van der Waals surface area contributed by atoms with Crippen molar-refractivity contribution in [2.45, 2.75) is 25.2 Å². The molecule has 22 heavy (non-hydrogen) atoms. The standard InChI is InChI=1S/C15H22N6O/c1(6-20-8-10-22-11-9-20)4-16-13-15-19-18-14(12-2-3-12)21(15)7-5-17-13/h5,7,12H,1-4,6,8-11H2,(H,16,17). The largest absolute Gasteiger partial charge is 0.379 e. The minimum atomic E-state index is 0.589. The molecule has 1 saturated heterocycles. The zero-order chi connectivity index (χ0) is 14.8. The number of nitrogens with zero attached hydrogens (tertiary/aromatic N) is 5. The van der Waals surface area contributed by atoms with Crippen molar-refractivity contribution < 1.29 is 4.74 Å². The summed E-state index contributed by atoms with van der Waals surface area (Å²) in [6, 6.07) is 0. The molecule has 1 saturated carbocycles. The van der Waals surface area contributed by atoms with Gasteiger partial charge in [-0.05, 0) is 25.8 Å². The van der Waals surface area contributed by atoms with Gasteiger partial charge in [0.25, 0.3) is 0 Å². The fourth-order valence-electron chi connectivity index (χ4n) is 2.92. The van der Waals surface area contributed by atoms with Gasteiger partial charge in [-0.15, -0.1) is 10.2 Å². The Morgan fingerprint density at radius 2 is 2.09 bits per heavy atom. The highest BCUT2D eigenvalue weighted by molar-refractivity contribution is 5.62. The van der Waals surface area contributed by atoms with Crippen molar-refractivity contribution in [1.82, 2.24) is 24.5 Å². The topological polar surface area (TPSA) is 67.6 Å². The minimum absolute atomic E-state index is 0.589. The number of rotatable bonds is 6. The first kappa shape index (κ1) is 13.9. The zero-order valence-electron chi connectivity index (χ0n) is 12.7. The summed E-state index contributed by atoms with van der Waals surface area (Å²) in [5.74, 6) is 2.50. The average molecular weight is 302 g/mol. The maximum absolute atomic E-state index is 5.36. The van der Waals surface area contributed by atoms with Crippen molar-refractivity contribution in [2.75, 3.05) is 44.7 Å². The summed E-state index contributed by atoms with van der Waals surface area (Å²) in [6.07, 6.45) is 7.33. The first-order valence-electron chi connectivity index (χ1n) is 8.15. The third-order valence-electron chi connectivity index (χ3n) is 4.34. The van der Waals surface area contributed by atoms with Gasteiger partial charge in [0.05, 0.1) is 13.2 Å². The van der Waals surface area contributed by atoms with Crippen LogP contribution in [0.2, 0.25) is 0 Å². The molecule has 0 unspecified atom stereocenters. The third-order valence-corrected chi connectivity index (χ3v) is 4.34. The van der Waals surface area contributed by atoms with E-state index >= 15 is 0 Å². The number of aromatic nitrogens is 4. The van der Waals surface area contributed by atoms with E-state index in [1.165, 1.54) is 12.8 Å². The van der Waals surface area contributed by atoms with Crippen LogP contribution < -0.4 is 5.32 Å². The maximum Gasteiger partial charge on any atom is 0.203 e. The predicted molar refractivity (Wildman–Crippen MR) is 83.1 cm³/mol. The van der Waals surface area contributed by atoms with Gasteiger partial charge in [0.1, 0.15) is 5.82 Å². The van der Waals surface area contributed by atoms with Crippen LogP contribution in [0.1, 0.15) is 31.0 Å². The molecular weight excluding hydrogens is 280 g/mol. The van der Waals surface area contributed by atoms with Gasteiger partial charge in [-0.3, -0.25) is 9.30 Å². The Hall–Kier alpha value is -1.73. The summed E-state index contributed by atoms with van der Waals surface area (Å²) in [6.45, 7) is 5.80. The van der Waals surface area contributed by atoms with Gasteiger partial charge in [0, 0.05) is 37.9 Å². The first-order valence-corrected chi connectivity index (χ1v) is 8.15. The first-order chi connectivity index (χ1) is 10.9. The van der Waals surface area contributed by atoms with Crippen molar-refractivity contribution in [3.05, 3.63) is 18.2 Å². The van der Waals surface area contributed by atoms with Crippen LogP contribution in [0.25, 0.3) is 5.65 Å². The molecule has 0 amide bonds. The van der Waals surface area contributed by atoms with E-state index in [0.717, 1.165) is 63.1 Å². The Morgan fingerprint density at radius 1 is 1.23 bits per heavy atom. The number of ether oxygens (including phenoxy) is 1. The van der Waals surface area contributed by atoms with Crippen molar-refractivity contribution in [1.29, 1.82) is 0 Å². The van der Waals surface area contributed by atoms with Gasteiger partial charge in [-0.1, -0.05) is 0 Å². The summed E-state index contributed by atoms with van der Waals surface area (Å²) in [5.41, 5.74) is 0.843.